The van der Waals surface area contributed by atoms with Crippen LogP contribution in [0.1, 0.15) is 5.82 Å². The third-order valence-corrected chi connectivity index (χ3v) is 5.03. The maximum Gasteiger partial charge on any atom is 0.153 e. The summed E-state index contributed by atoms with van der Waals surface area (Å²) in [5, 5.41) is 3.09. The molecule has 0 radical (unpaired) electrons. The lowest BCUT2D eigenvalue weighted by Gasteiger charge is -2.22. The van der Waals surface area contributed by atoms with Crippen LogP contribution < -0.4 is 5.32 Å². The van der Waals surface area contributed by atoms with E-state index >= 15 is 0 Å². The molecule has 0 saturated carbocycles. The van der Waals surface area contributed by atoms with E-state index in [4.69, 9.17) is 0 Å². The fourth-order valence-corrected chi connectivity index (χ4v) is 3.87. The van der Waals surface area contributed by atoms with Crippen molar-refractivity contribution in [1.82, 2.24) is 15.3 Å². The minimum Gasteiger partial charge on any atom is -0.342 e. The summed E-state index contributed by atoms with van der Waals surface area (Å²) in [6.07, 6.45) is 0.328. The molecule has 0 spiro atoms. The van der Waals surface area contributed by atoms with Crippen LogP contribution in [0.4, 0.5) is 8.78 Å². The smallest absolute Gasteiger partial charge is 0.153 e. The zero-order valence-corrected chi connectivity index (χ0v) is 11.3. The second-order valence-electron chi connectivity index (χ2n) is 4.94. The fraction of sp³-hybridized carbons (Fsp3) is 0.417. The highest BCUT2D eigenvalue weighted by Crippen LogP contribution is 2.18. The summed E-state index contributed by atoms with van der Waals surface area (Å²) in [6, 6.07) is 1.68. The highest BCUT2D eigenvalue weighted by atomic mass is 32.2. The van der Waals surface area contributed by atoms with Gasteiger partial charge in [-0.1, -0.05) is 0 Å². The molecule has 0 bridgehead atoms. The van der Waals surface area contributed by atoms with Gasteiger partial charge in [0.05, 0.1) is 17.0 Å². The van der Waals surface area contributed by atoms with Gasteiger partial charge in [-0.2, -0.15) is 0 Å². The van der Waals surface area contributed by atoms with E-state index in [0.29, 0.717) is 18.8 Å². The number of H-pyrrole nitrogens is 1. The van der Waals surface area contributed by atoms with E-state index in [-0.39, 0.29) is 28.6 Å². The number of hydrogen-bond acceptors (Lipinski definition) is 4. The maximum atomic E-state index is 13.5. The van der Waals surface area contributed by atoms with E-state index in [1.54, 1.807) is 0 Å². The number of nitrogens with zero attached hydrogens (tertiary/aromatic N) is 1. The Kier molecular flexibility index (Phi) is 3.21. The molecule has 1 aliphatic heterocycles. The topological polar surface area (TPSA) is 74.8 Å². The second-order valence-corrected chi connectivity index (χ2v) is 7.17. The highest BCUT2D eigenvalue weighted by Gasteiger charge is 2.25. The van der Waals surface area contributed by atoms with E-state index in [9.17, 15) is 17.2 Å². The molecule has 1 aliphatic rings. The molecule has 2 N–H and O–H groups in total. The summed E-state index contributed by atoms with van der Waals surface area (Å²) in [5.41, 5.74) is 0.344. The van der Waals surface area contributed by atoms with Crippen molar-refractivity contribution in [2.45, 2.75) is 12.5 Å². The molecule has 1 unspecified atom stereocenters. The van der Waals surface area contributed by atoms with Crippen molar-refractivity contribution in [3.63, 3.8) is 0 Å². The minimum absolute atomic E-state index is 0.0287. The largest absolute Gasteiger partial charge is 0.342 e. The van der Waals surface area contributed by atoms with Crippen molar-refractivity contribution >= 4 is 20.9 Å². The van der Waals surface area contributed by atoms with Crippen LogP contribution in [0.25, 0.3) is 11.0 Å². The fourth-order valence-electron chi connectivity index (χ4n) is 2.42. The monoisotopic (exact) mass is 301 g/mol. The van der Waals surface area contributed by atoms with Crippen LogP contribution in [0, 0.1) is 11.6 Å². The van der Waals surface area contributed by atoms with Gasteiger partial charge in [0.25, 0.3) is 0 Å². The Morgan fingerprint density at radius 3 is 2.90 bits per heavy atom. The first-order valence-electron chi connectivity index (χ1n) is 6.20. The van der Waals surface area contributed by atoms with Crippen molar-refractivity contribution in [2.24, 2.45) is 0 Å². The molecule has 108 valence electrons. The lowest BCUT2D eigenvalue weighted by atomic mass is 10.2. The molecular formula is C12H13F2N3O2S. The number of aromatic amines is 1. The molecule has 3 rings (SSSR count). The zero-order valence-electron chi connectivity index (χ0n) is 10.5. The quantitative estimate of drug-likeness (QED) is 0.859. The molecule has 2 heterocycles. The standard InChI is InChI=1S/C12H13F2N3O2S/c13-7-3-9(14)12-10(4-7)16-11(17-12)5-8-6-20(18,19)2-1-15-8/h3-4,8,15H,1-2,5-6H2,(H,16,17). The summed E-state index contributed by atoms with van der Waals surface area (Å²) in [5.74, 6) is -0.806. The summed E-state index contributed by atoms with van der Waals surface area (Å²) < 4.78 is 49.7. The van der Waals surface area contributed by atoms with Gasteiger partial charge in [0.1, 0.15) is 17.2 Å². The number of imidazole rings is 1. The zero-order chi connectivity index (χ0) is 14.3. The average molecular weight is 301 g/mol. The highest BCUT2D eigenvalue weighted by molar-refractivity contribution is 7.91. The van der Waals surface area contributed by atoms with Gasteiger partial charge < -0.3 is 10.3 Å². The third kappa shape index (κ3) is 2.66. The molecule has 2 aromatic rings. The lowest BCUT2D eigenvalue weighted by Crippen LogP contribution is -2.46. The number of benzene rings is 1. The molecular weight excluding hydrogens is 288 g/mol. The molecule has 1 aromatic heterocycles. The summed E-state index contributed by atoms with van der Waals surface area (Å²) in [6.45, 7) is 0.399. The Morgan fingerprint density at radius 1 is 1.35 bits per heavy atom. The average Bonchev–Trinajstić information content (AvgIpc) is 2.70. The number of aromatic nitrogens is 2. The van der Waals surface area contributed by atoms with Gasteiger partial charge in [-0.05, 0) is 6.07 Å². The minimum atomic E-state index is -3.04. The molecule has 0 aliphatic carbocycles. The van der Waals surface area contributed by atoms with Crippen LogP contribution in [0.2, 0.25) is 0 Å². The Labute approximate surface area is 114 Å². The predicted molar refractivity (Wildman–Crippen MR) is 70.2 cm³/mol. The first-order chi connectivity index (χ1) is 9.43. The van der Waals surface area contributed by atoms with E-state index in [1.165, 1.54) is 6.07 Å². The predicted octanol–water partition coefficient (Wildman–Crippen LogP) is 0.770. The molecule has 5 nitrogen and oxygen atoms in total. The first kappa shape index (κ1) is 13.4. The van der Waals surface area contributed by atoms with Crippen molar-refractivity contribution in [1.29, 1.82) is 0 Å². The number of hydrogen-bond donors (Lipinski definition) is 2. The Balaban J connectivity index is 1.86. The van der Waals surface area contributed by atoms with Crippen LogP contribution in [-0.4, -0.2) is 42.5 Å². The van der Waals surface area contributed by atoms with E-state index in [2.05, 4.69) is 15.3 Å². The first-order valence-corrected chi connectivity index (χ1v) is 8.02. The molecule has 8 heteroatoms. The number of rotatable bonds is 2. The van der Waals surface area contributed by atoms with E-state index in [1.807, 2.05) is 0 Å². The SMILES string of the molecule is O=S1(=O)CCNC(Cc2nc3c(F)cc(F)cc3[nH]2)C1. The maximum absolute atomic E-state index is 13.5. The number of nitrogens with one attached hydrogen (secondary N) is 2. The number of halogens is 2. The number of sulfone groups is 1. The van der Waals surface area contributed by atoms with Crippen LogP contribution >= 0.6 is 0 Å². The van der Waals surface area contributed by atoms with Gasteiger partial charge in [0.2, 0.25) is 0 Å². The summed E-state index contributed by atoms with van der Waals surface area (Å²) in [4.78, 5) is 6.89. The Morgan fingerprint density at radius 2 is 2.15 bits per heavy atom. The van der Waals surface area contributed by atoms with Gasteiger partial charge in [-0.15, -0.1) is 0 Å². The van der Waals surface area contributed by atoms with Crippen molar-refractivity contribution in [3.05, 3.63) is 29.6 Å². The van der Waals surface area contributed by atoms with Crippen molar-refractivity contribution in [2.75, 3.05) is 18.1 Å². The van der Waals surface area contributed by atoms with Gasteiger partial charge in [-0.25, -0.2) is 22.2 Å². The van der Waals surface area contributed by atoms with Gasteiger partial charge in [0.15, 0.2) is 15.7 Å². The van der Waals surface area contributed by atoms with Gasteiger partial charge in [-0.3, -0.25) is 0 Å². The van der Waals surface area contributed by atoms with E-state index in [0.717, 1.165) is 6.07 Å². The lowest BCUT2D eigenvalue weighted by molar-refractivity contribution is 0.510. The molecule has 1 saturated heterocycles. The molecule has 20 heavy (non-hydrogen) atoms. The normalized spacial score (nSPS) is 22.2. The summed E-state index contributed by atoms with van der Waals surface area (Å²) in [7, 11) is -3.04. The molecule has 0 amide bonds. The molecule has 1 fully saturated rings. The van der Waals surface area contributed by atoms with Gasteiger partial charge >= 0.3 is 0 Å². The third-order valence-electron chi connectivity index (χ3n) is 3.29. The Bertz CT molecular complexity index is 757. The molecule has 1 aromatic carbocycles. The van der Waals surface area contributed by atoms with Gasteiger partial charge in [0, 0.05) is 25.1 Å². The van der Waals surface area contributed by atoms with Crippen molar-refractivity contribution < 1.29 is 17.2 Å². The number of fused-ring (bicyclic) bond motifs is 1. The van der Waals surface area contributed by atoms with Crippen LogP contribution in [-0.2, 0) is 16.3 Å². The van der Waals surface area contributed by atoms with Crippen LogP contribution in [0.3, 0.4) is 0 Å². The van der Waals surface area contributed by atoms with Crippen LogP contribution in [0.5, 0.6) is 0 Å². The van der Waals surface area contributed by atoms with Crippen LogP contribution in [0.15, 0.2) is 12.1 Å². The summed E-state index contributed by atoms with van der Waals surface area (Å²) >= 11 is 0. The molecule has 1 atom stereocenters. The second kappa shape index (κ2) is 4.78. The Hall–Kier alpha value is -1.54. The van der Waals surface area contributed by atoms with E-state index < -0.39 is 21.5 Å². The van der Waals surface area contributed by atoms with Crippen molar-refractivity contribution in [3.8, 4) is 0 Å².